The van der Waals surface area contributed by atoms with Gasteiger partial charge in [-0.05, 0) is 129 Å². The van der Waals surface area contributed by atoms with E-state index in [0.717, 1.165) is 107 Å². The normalized spacial score (nSPS) is 21.7. The minimum Gasteiger partial charge on any atom is -0.389 e. The van der Waals surface area contributed by atoms with Gasteiger partial charge < -0.3 is 93.7 Å². The van der Waals surface area contributed by atoms with Crippen molar-refractivity contribution < 1.29 is 82.6 Å². The molecule has 0 unspecified atom stereocenters. The predicted octanol–water partition coefficient (Wildman–Crippen LogP) is 2.36. The first-order valence-corrected chi connectivity index (χ1v) is 44.4. The van der Waals surface area contributed by atoms with E-state index in [0.29, 0.717) is 131 Å². The van der Waals surface area contributed by atoms with Crippen molar-refractivity contribution in [1.82, 2.24) is 68.4 Å². The van der Waals surface area contributed by atoms with E-state index in [9.17, 15) is 77.9 Å². The molecule has 10 amide bonds. The fourth-order valence-electron chi connectivity index (χ4n) is 17.4. The van der Waals surface area contributed by atoms with Gasteiger partial charge in [0.25, 0.3) is 59.1 Å². The van der Waals surface area contributed by atoms with Crippen LogP contribution in [0.15, 0.2) is 115 Å². The van der Waals surface area contributed by atoms with Crippen LogP contribution in [0.2, 0.25) is 0 Å². The molecule has 12 heterocycles. The number of hydrogen-bond donors (Lipinski definition) is 11. The van der Waals surface area contributed by atoms with E-state index in [4.69, 9.17) is 39.1 Å². The second-order valence-electron chi connectivity index (χ2n) is 35.0. The largest absolute Gasteiger partial charge is 0.389 e. The fourth-order valence-corrected chi connectivity index (χ4v) is 18.2. The number of aliphatic hydroxyl groups is 5. The Balaban J connectivity index is 0.000000129. The molecule has 0 radical (unpaired) electrons. The van der Waals surface area contributed by atoms with Crippen molar-refractivity contribution in [2.75, 3.05) is 73.7 Å². The number of fused-ring (bicyclic) bond motifs is 4. The number of likely N-dealkylation sites (N-methyl/N-ethyl adjacent to an activating group) is 5. The van der Waals surface area contributed by atoms with E-state index in [1.165, 1.54) is 47.4 Å². The number of halogens is 1. The average Bonchev–Trinajstić information content (AvgIpc) is 1.61. The van der Waals surface area contributed by atoms with Crippen LogP contribution in [0.1, 0.15) is 172 Å². The van der Waals surface area contributed by atoms with Crippen molar-refractivity contribution in [3.05, 3.63) is 217 Å². The molecule has 698 valence electrons. The number of hydrogen-bond acceptors (Lipinski definition) is 23. The SMILES string of the molecule is CN1CC[C@@](O)(C#Cc2ccc(F)c(-n3nc(C(N)=O)c4c3COC4)c2)C1=O.CN1CC[C@@](O)(C#Cc2cccc(-c3nc(C(N)=O)c(N)s3)c2)C1=O.CN1CC[C@@](O)(C#Cc2cccc(-c3nc(C(N)=O)c4n3CCC4)c2)C1=O.C[C@@H]1Cc2c(C(N)=O)nn(-c3cccc(C#C[C@]4(O)CCN(C)C4=O)c3)c2C1.C[C@H]1Cc2c(C(N)=O)nn(-c3cccc(C#C[C@]4(O)CCN(C)C4=O)c3)c2C1. The standard InChI is InChI=1S/2C21H22N4O3.C20H20N4O3.C19H17FN4O4.C17H16N4O3S/c2*1-13-10-16-17(11-13)25(23-18(16)19(22)26)15-5-3-4-14(12-15)6-7-21(28)8-9-24(2)20(21)27;1-23-11-9-20(27,19(23)26)8-7-13-4-2-5-14(12-13)18-22-16(17(21)25)15-6-3-10-24(15)18;1-23-7-6-19(27,18(23)26)5-4-11-2-3-13(20)14(8-11)24-15-10-28-9-12(15)16(22-24)17(21)25;1-21-8-7-17(24,16(21)23)6-5-10-3-2-4-11(9-10)15-20-12(13(18)22)14(19)25-15/h2*3-5,12-13,28H,8-11H2,1-2H3,(H2,22,26);2,4-5,12,27H,3,6,9-11H2,1H3,(H2,21,25);2-3,8,27H,6-7,9-10H2,1H3,(H2,21,25);2-4,9,24H,7-8,19H2,1H3,(H2,18,22)/t13-,21+;13-,21-;20-;19-;17-/m10000/s1. The second kappa shape index (κ2) is 37.9. The van der Waals surface area contributed by atoms with E-state index in [1.54, 1.807) is 68.9 Å². The first-order chi connectivity index (χ1) is 64.5. The Morgan fingerprint density at radius 3 is 1.18 bits per heavy atom. The van der Waals surface area contributed by atoms with Gasteiger partial charge in [0.15, 0.2) is 22.8 Å². The predicted molar refractivity (Wildman–Crippen MR) is 493 cm³/mol. The van der Waals surface area contributed by atoms with Gasteiger partial charge >= 0.3 is 0 Å². The van der Waals surface area contributed by atoms with Crippen molar-refractivity contribution >= 4 is 75.4 Å². The van der Waals surface area contributed by atoms with E-state index in [2.05, 4.69) is 98.3 Å². The van der Waals surface area contributed by atoms with Crippen LogP contribution in [-0.2, 0) is 80.6 Å². The highest BCUT2D eigenvalue weighted by Crippen LogP contribution is 2.38. The zero-order chi connectivity index (χ0) is 97.5. The Bertz CT molecular complexity index is 6840. The molecule has 19 rings (SSSR count). The molecule has 0 spiro atoms. The van der Waals surface area contributed by atoms with Gasteiger partial charge in [0.2, 0.25) is 28.0 Å². The van der Waals surface area contributed by atoms with Crippen molar-refractivity contribution in [3.8, 4) is 98.2 Å². The number of thiazole rings is 1. The number of likely N-dealkylation sites (tertiary alicyclic amines) is 5. The molecule has 2 aliphatic carbocycles. The highest BCUT2D eigenvalue weighted by atomic mass is 32.1. The van der Waals surface area contributed by atoms with Gasteiger partial charge in [-0.25, -0.2) is 28.4 Å². The van der Waals surface area contributed by atoms with Gasteiger partial charge in [-0.1, -0.05) is 121 Å². The molecule has 0 saturated carbocycles. The van der Waals surface area contributed by atoms with E-state index >= 15 is 0 Å². The maximum Gasteiger partial charge on any atom is 0.270 e. The number of carbonyl (C=O) groups excluding carboxylic acids is 10. The Morgan fingerprint density at radius 2 is 0.787 bits per heavy atom. The number of carbonyl (C=O) groups is 10. The molecule has 5 aromatic heterocycles. The van der Waals surface area contributed by atoms with Crippen LogP contribution < -0.4 is 34.4 Å². The van der Waals surface area contributed by atoms with Crippen molar-refractivity contribution in [2.45, 2.75) is 132 Å². The van der Waals surface area contributed by atoms with Crippen LogP contribution in [0.4, 0.5) is 9.39 Å². The Hall–Kier alpha value is -15.4. The number of primary amides is 5. The number of ether oxygens (including phenoxy) is 1. The summed E-state index contributed by atoms with van der Waals surface area (Å²) in [6.45, 7) is 7.74. The molecular formula is C98H97FN20O16S. The number of amides is 10. The number of anilines is 1. The van der Waals surface area contributed by atoms with Crippen LogP contribution in [-0.4, -0.2) is 249 Å². The van der Waals surface area contributed by atoms with Gasteiger partial charge in [-0.15, -0.1) is 0 Å². The van der Waals surface area contributed by atoms with E-state index in [-0.39, 0.29) is 65.9 Å². The quantitative estimate of drug-likeness (QED) is 0.0875. The zero-order valence-electron chi connectivity index (χ0n) is 75.3. The van der Waals surface area contributed by atoms with Gasteiger partial charge in [0.1, 0.15) is 33.0 Å². The topological polar surface area (TPSA) is 538 Å². The first-order valence-electron chi connectivity index (χ1n) is 43.6. The maximum absolute atomic E-state index is 14.5. The third-order valence-electron chi connectivity index (χ3n) is 24.8. The lowest BCUT2D eigenvalue weighted by Gasteiger charge is -2.13. The number of nitrogen functional groups attached to an aromatic ring is 1. The number of nitrogens with two attached hydrogens (primary N) is 6. The lowest BCUT2D eigenvalue weighted by Crippen LogP contribution is -2.37. The summed E-state index contributed by atoms with van der Waals surface area (Å²) in [5.41, 5.74) is 37.5. The third kappa shape index (κ3) is 19.3. The molecule has 7 atom stereocenters. The van der Waals surface area contributed by atoms with Crippen LogP contribution in [0.25, 0.3) is 39.0 Å². The average molecular weight is 1860 g/mol. The molecule has 17 N–H and O–H groups in total. The van der Waals surface area contributed by atoms with Crippen LogP contribution in [0.3, 0.4) is 0 Å². The molecule has 36 nitrogen and oxygen atoms in total. The lowest BCUT2D eigenvalue weighted by molar-refractivity contribution is -0.138. The highest BCUT2D eigenvalue weighted by molar-refractivity contribution is 7.19. The number of imidazole rings is 1. The molecule has 5 fully saturated rings. The number of rotatable bonds is 10. The minimum atomic E-state index is -1.75. The van der Waals surface area contributed by atoms with Crippen molar-refractivity contribution in [2.24, 2.45) is 40.5 Å². The summed E-state index contributed by atoms with van der Waals surface area (Å²) in [5.74, 6) is 23.8. The molecule has 10 aromatic rings. The summed E-state index contributed by atoms with van der Waals surface area (Å²) in [7, 11) is 8.18. The number of aromatic nitrogens is 9. The summed E-state index contributed by atoms with van der Waals surface area (Å²) in [5, 5.41) is 65.9. The lowest BCUT2D eigenvalue weighted by atomic mass is 10.0. The Kier molecular flexibility index (Phi) is 26.5. The summed E-state index contributed by atoms with van der Waals surface area (Å²) in [6, 6.07) is 33.3. The van der Waals surface area contributed by atoms with Gasteiger partial charge in [0, 0.05) is 174 Å². The van der Waals surface area contributed by atoms with Gasteiger partial charge in [-0.3, -0.25) is 47.9 Å². The first kappa shape index (κ1) is 95.2. The third-order valence-corrected chi connectivity index (χ3v) is 25.8. The molecule has 5 aromatic carbocycles. The van der Waals surface area contributed by atoms with Gasteiger partial charge in [0.05, 0.1) is 36.0 Å². The molecular weight excluding hydrogens is 1760 g/mol. The number of benzene rings is 5. The van der Waals surface area contributed by atoms with Gasteiger partial charge in [-0.2, -0.15) is 15.3 Å². The summed E-state index contributed by atoms with van der Waals surface area (Å²) in [4.78, 5) is 134. The smallest absolute Gasteiger partial charge is 0.270 e. The Morgan fingerprint density at radius 1 is 0.419 bits per heavy atom. The highest BCUT2D eigenvalue weighted by Gasteiger charge is 2.47. The van der Waals surface area contributed by atoms with Crippen LogP contribution in [0, 0.1) is 76.9 Å². The van der Waals surface area contributed by atoms with Crippen molar-refractivity contribution in [3.63, 3.8) is 0 Å². The molecule has 0 bridgehead atoms. The number of nitrogens with zero attached hydrogens (tertiary/aromatic N) is 14. The summed E-state index contributed by atoms with van der Waals surface area (Å²) >= 11 is 1.16. The molecule has 7 aliphatic heterocycles. The van der Waals surface area contributed by atoms with Crippen molar-refractivity contribution in [1.29, 1.82) is 0 Å². The molecule has 9 aliphatic rings. The maximum atomic E-state index is 14.5. The minimum absolute atomic E-state index is 0.0392. The van der Waals surface area contributed by atoms with E-state index in [1.807, 2.05) is 77.4 Å². The molecule has 5 saturated heterocycles. The van der Waals surface area contributed by atoms with Crippen LogP contribution >= 0.6 is 11.3 Å². The van der Waals surface area contributed by atoms with Crippen LogP contribution in [0.5, 0.6) is 0 Å². The molecule has 136 heavy (non-hydrogen) atoms. The summed E-state index contributed by atoms with van der Waals surface area (Å²) < 4.78 is 26.6. The molecule has 38 heteroatoms. The summed E-state index contributed by atoms with van der Waals surface area (Å²) in [6.07, 6.45) is 6.33. The fraction of sp³-hybridized carbons (Fsp3) is 0.337. The second-order valence-corrected chi connectivity index (χ2v) is 36.0. The zero-order valence-corrected chi connectivity index (χ0v) is 76.1. The van der Waals surface area contributed by atoms with E-state index < -0.39 is 75.2 Å². The Labute approximate surface area is 783 Å². The monoisotopic (exact) mass is 1860 g/mol.